The summed E-state index contributed by atoms with van der Waals surface area (Å²) < 4.78 is 6.24. The summed E-state index contributed by atoms with van der Waals surface area (Å²) in [6.45, 7) is 1.03. The molecule has 3 rings (SSSR count). The summed E-state index contributed by atoms with van der Waals surface area (Å²) >= 11 is 11.4. The van der Waals surface area contributed by atoms with Crippen molar-refractivity contribution in [3.63, 3.8) is 0 Å². The Kier molecular flexibility index (Phi) is 5.08. The van der Waals surface area contributed by atoms with Crippen molar-refractivity contribution < 1.29 is 4.74 Å². The van der Waals surface area contributed by atoms with Crippen molar-refractivity contribution in [3.05, 3.63) is 47.5 Å². The van der Waals surface area contributed by atoms with E-state index in [1.165, 1.54) is 0 Å². The van der Waals surface area contributed by atoms with Crippen molar-refractivity contribution in [1.29, 1.82) is 0 Å². The van der Waals surface area contributed by atoms with Crippen LogP contribution < -0.4 is 26.8 Å². The van der Waals surface area contributed by atoms with Crippen LogP contribution in [0.25, 0.3) is 0 Å². The Morgan fingerprint density at radius 1 is 0.875 bits per heavy atom. The van der Waals surface area contributed by atoms with Crippen LogP contribution in [0.3, 0.4) is 0 Å². The summed E-state index contributed by atoms with van der Waals surface area (Å²) in [5.74, 6) is 1.64. The predicted molar refractivity (Wildman–Crippen MR) is 104 cm³/mol. The summed E-state index contributed by atoms with van der Waals surface area (Å²) in [5.41, 5.74) is 13.0. The summed E-state index contributed by atoms with van der Waals surface area (Å²) in [6, 6.07) is 12.0. The summed E-state index contributed by atoms with van der Waals surface area (Å²) in [4.78, 5) is 2.12. The third kappa shape index (κ3) is 3.72. The van der Waals surface area contributed by atoms with E-state index in [-0.39, 0.29) is 10.2 Å². The Labute approximate surface area is 155 Å². The monoisotopic (exact) mass is 376 g/mol. The van der Waals surface area contributed by atoms with Crippen LogP contribution in [-0.4, -0.2) is 10.2 Å². The predicted octanol–water partition coefficient (Wildman–Crippen LogP) is 2.61. The van der Waals surface area contributed by atoms with E-state index in [2.05, 4.69) is 10.6 Å². The molecule has 124 valence electrons. The van der Waals surface area contributed by atoms with E-state index in [9.17, 15) is 0 Å². The average Bonchev–Trinajstić information content (AvgIpc) is 2.56. The quantitative estimate of drug-likeness (QED) is 0.517. The summed E-state index contributed by atoms with van der Waals surface area (Å²) in [6.07, 6.45) is 0. The minimum Gasteiger partial charge on any atom is -0.454 e. The number of ether oxygens (including phenoxy) is 1. The number of nitrogens with two attached hydrogens (primary N) is 2. The number of rotatable bonds is 4. The van der Waals surface area contributed by atoms with Crippen molar-refractivity contribution in [2.45, 2.75) is 22.9 Å². The molecule has 0 amide bonds. The van der Waals surface area contributed by atoms with Gasteiger partial charge in [0.1, 0.15) is 11.5 Å². The third-order valence-electron chi connectivity index (χ3n) is 3.45. The van der Waals surface area contributed by atoms with Crippen molar-refractivity contribution in [2.24, 2.45) is 11.5 Å². The molecule has 0 unspecified atom stereocenters. The first kappa shape index (κ1) is 16.8. The molecule has 0 saturated heterocycles. The van der Waals surface area contributed by atoms with Crippen molar-refractivity contribution in [1.82, 2.24) is 10.6 Å². The van der Waals surface area contributed by atoms with E-state index in [0.29, 0.717) is 13.1 Å². The molecule has 1 aliphatic rings. The number of thiocarbonyl (C=S) groups is 2. The van der Waals surface area contributed by atoms with Crippen LogP contribution in [0.15, 0.2) is 46.2 Å². The molecular weight excluding hydrogens is 360 g/mol. The first-order chi connectivity index (χ1) is 11.5. The lowest BCUT2D eigenvalue weighted by Gasteiger charge is -2.24. The molecule has 0 aromatic heterocycles. The summed E-state index contributed by atoms with van der Waals surface area (Å²) in [7, 11) is 0. The van der Waals surface area contributed by atoms with Gasteiger partial charge in [-0.25, -0.2) is 0 Å². The van der Waals surface area contributed by atoms with Crippen LogP contribution >= 0.6 is 36.2 Å². The van der Waals surface area contributed by atoms with Gasteiger partial charge in [0.05, 0.1) is 9.79 Å². The van der Waals surface area contributed by atoms with Gasteiger partial charge in [-0.3, -0.25) is 0 Å². The Bertz CT molecular complexity index is 744. The highest BCUT2D eigenvalue weighted by Crippen LogP contribution is 2.49. The highest BCUT2D eigenvalue weighted by molar-refractivity contribution is 7.99. The minimum atomic E-state index is 0.262. The van der Waals surface area contributed by atoms with E-state index in [1.54, 1.807) is 11.8 Å². The van der Waals surface area contributed by atoms with Gasteiger partial charge in [0, 0.05) is 24.2 Å². The van der Waals surface area contributed by atoms with Gasteiger partial charge in [-0.2, -0.15) is 0 Å². The fourth-order valence-corrected chi connectivity index (χ4v) is 3.58. The normalized spacial score (nSPS) is 11.7. The van der Waals surface area contributed by atoms with Gasteiger partial charge in [0.15, 0.2) is 10.2 Å². The Morgan fingerprint density at radius 3 is 1.75 bits per heavy atom. The number of fused-ring (bicyclic) bond motifs is 2. The lowest BCUT2D eigenvalue weighted by atomic mass is 10.1. The van der Waals surface area contributed by atoms with Gasteiger partial charge in [0.2, 0.25) is 0 Å². The van der Waals surface area contributed by atoms with Crippen LogP contribution in [0.1, 0.15) is 11.1 Å². The number of para-hydroxylation sites is 2. The van der Waals surface area contributed by atoms with Crippen LogP contribution in [0.4, 0.5) is 0 Å². The summed E-state index contributed by atoms with van der Waals surface area (Å²) in [5, 5.41) is 6.45. The van der Waals surface area contributed by atoms with Crippen molar-refractivity contribution in [3.8, 4) is 11.5 Å². The average molecular weight is 377 g/mol. The smallest absolute Gasteiger partial charge is 0.163 e. The molecule has 24 heavy (non-hydrogen) atoms. The SMILES string of the molecule is NC(=S)NCc1cccc2c1Oc1c(CNC(N)=S)cccc1S2. The molecule has 1 heterocycles. The Hall–Kier alpha value is -2.03. The molecule has 0 atom stereocenters. The van der Waals surface area contributed by atoms with Gasteiger partial charge in [-0.15, -0.1) is 0 Å². The topological polar surface area (TPSA) is 85.3 Å². The van der Waals surface area contributed by atoms with E-state index in [1.807, 2.05) is 36.4 Å². The van der Waals surface area contributed by atoms with Gasteiger partial charge in [-0.1, -0.05) is 36.0 Å². The van der Waals surface area contributed by atoms with Crippen molar-refractivity contribution >= 4 is 46.4 Å². The Morgan fingerprint density at radius 2 is 1.33 bits per heavy atom. The second-order valence-electron chi connectivity index (χ2n) is 5.13. The second-order valence-corrected chi connectivity index (χ2v) is 7.09. The van der Waals surface area contributed by atoms with Gasteiger partial charge < -0.3 is 26.8 Å². The molecule has 8 heteroatoms. The molecule has 0 spiro atoms. The zero-order valence-corrected chi connectivity index (χ0v) is 15.1. The van der Waals surface area contributed by atoms with Crippen molar-refractivity contribution in [2.75, 3.05) is 0 Å². The molecule has 2 aromatic rings. The van der Waals surface area contributed by atoms with E-state index >= 15 is 0 Å². The highest BCUT2D eigenvalue weighted by Gasteiger charge is 2.22. The van der Waals surface area contributed by atoms with E-state index < -0.39 is 0 Å². The number of hydrogen-bond donors (Lipinski definition) is 4. The largest absolute Gasteiger partial charge is 0.454 e. The highest BCUT2D eigenvalue weighted by atomic mass is 32.2. The number of benzene rings is 2. The number of hydrogen-bond acceptors (Lipinski definition) is 4. The van der Waals surface area contributed by atoms with E-state index in [0.717, 1.165) is 32.4 Å². The molecule has 0 fully saturated rings. The van der Waals surface area contributed by atoms with Crippen LogP contribution in [0.5, 0.6) is 11.5 Å². The fraction of sp³-hybridized carbons (Fsp3) is 0.125. The molecule has 0 aliphatic carbocycles. The molecule has 1 aliphatic heterocycles. The molecule has 6 N–H and O–H groups in total. The standard InChI is InChI=1S/C16H16N4OS3/c17-15(22)19-7-9-3-1-5-11-13(9)21-14-10(8-20-16(18)23)4-2-6-12(14)24-11/h1-6H,7-8H2,(H3,17,19,22)(H3,18,20,23). The maximum Gasteiger partial charge on any atom is 0.163 e. The molecule has 2 aromatic carbocycles. The number of nitrogens with one attached hydrogen (secondary N) is 2. The van der Waals surface area contributed by atoms with Gasteiger partial charge in [-0.05, 0) is 36.6 Å². The molecule has 0 bridgehead atoms. The first-order valence-electron chi connectivity index (χ1n) is 7.20. The van der Waals surface area contributed by atoms with Crippen LogP contribution in [0.2, 0.25) is 0 Å². The zero-order valence-electron chi connectivity index (χ0n) is 12.7. The maximum absolute atomic E-state index is 6.24. The lowest BCUT2D eigenvalue weighted by Crippen LogP contribution is -2.29. The Balaban J connectivity index is 1.91. The molecule has 0 saturated carbocycles. The fourth-order valence-electron chi connectivity index (χ4n) is 2.38. The van der Waals surface area contributed by atoms with Gasteiger partial charge in [0.25, 0.3) is 0 Å². The zero-order chi connectivity index (χ0) is 17.1. The molecule has 5 nitrogen and oxygen atoms in total. The third-order valence-corrected chi connectivity index (χ3v) is 4.82. The maximum atomic E-state index is 6.24. The van der Waals surface area contributed by atoms with Gasteiger partial charge >= 0.3 is 0 Å². The molecule has 0 radical (unpaired) electrons. The second kappa shape index (κ2) is 7.25. The van der Waals surface area contributed by atoms with Crippen LogP contribution in [0, 0.1) is 0 Å². The minimum absolute atomic E-state index is 0.262. The van der Waals surface area contributed by atoms with Crippen LogP contribution in [-0.2, 0) is 13.1 Å². The lowest BCUT2D eigenvalue weighted by molar-refractivity contribution is 0.441. The van der Waals surface area contributed by atoms with E-state index in [4.69, 9.17) is 40.6 Å². The molecular formula is C16H16N4OS3. The first-order valence-corrected chi connectivity index (χ1v) is 8.84.